The molecule has 0 amide bonds. The van der Waals surface area contributed by atoms with E-state index in [0.717, 1.165) is 0 Å². The second-order valence-corrected chi connectivity index (χ2v) is 7.72. The molecule has 2 atom stereocenters. The fraction of sp³-hybridized carbons (Fsp3) is 0.250. The Morgan fingerprint density at radius 1 is 0.667 bits per heavy atom. The molecule has 2 aromatic carbocycles. The van der Waals surface area contributed by atoms with E-state index in [0.29, 0.717) is 11.8 Å². The largest absolute Gasteiger partial charge is 0.0571 e. The van der Waals surface area contributed by atoms with Gasteiger partial charge < -0.3 is 0 Å². The van der Waals surface area contributed by atoms with E-state index in [2.05, 4.69) is 81.6 Å². The molecule has 2 bridgehead atoms. The van der Waals surface area contributed by atoms with Gasteiger partial charge in [0.05, 0.1) is 0 Å². The number of fused-ring (bicyclic) bond motifs is 1. The van der Waals surface area contributed by atoms with Crippen molar-refractivity contribution in [1.82, 2.24) is 0 Å². The molecule has 5 rings (SSSR count). The number of halogens is 2. The average molecular weight is 458 g/mol. The summed E-state index contributed by atoms with van der Waals surface area (Å²) in [6.45, 7) is 0. The van der Waals surface area contributed by atoms with E-state index in [1.807, 2.05) is 0 Å². The predicted octanol–water partition coefficient (Wildman–Crippen LogP) is 5.27. The Kier molecular flexibility index (Phi) is 2.73. The molecular weight excluding hydrogens is 446 g/mol. The Balaban J connectivity index is 1.99. The highest BCUT2D eigenvalue weighted by molar-refractivity contribution is 14.1. The van der Waals surface area contributed by atoms with Gasteiger partial charge in [-0.2, -0.15) is 0 Å². The molecule has 18 heavy (non-hydrogen) atoms. The lowest BCUT2D eigenvalue weighted by molar-refractivity contribution is 0.519. The van der Waals surface area contributed by atoms with Crippen molar-refractivity contribution in [2.75, 3.05) is 0 Å². The lowest BCUT2D eigenvalue weighted by atomic mass is 9.64. The highest BCUT2D eigenvalue weighted by Crippen LogP contribution is 2.53. The first-order valence-corrected chi connectivity index (χ1v) is 8.48. The minimum atomic E-state index is 0.645. The van der Waals surface area contributed by atoms with Crippen molar-refractivity contribution in [3.8, 4) is 0 Å². The van der Waals surface area contributed by atoms with Crippen LogP contribution in [0.4, 0.5) is 0 Å². The van der Waals surface area contributed by atoms with Crippen molar-refractivity contribution in [3.63, 3.8) is 0 Å². The summed E-state index contributed by atoms with van der Waals surface area (Å²) in [4.78, 5) is 0. The van der Waals surface area contributed by atoms with Crippen LogP contribution in [0.2, 0.25) is 0 Å². The molecule has 90 valence electrons. The molecule has 0 heterocycles. The smallest absolute Gasteiger partial charge is 0.0133 e. The maximum absolute atomic E-state index is 2.43. The number of rotatable bonds is 0. The van der Waals surface area contributed by atoms with E-state index in [9.17, 15) is 0 Å². The fourth-order valence-corrected chi connectivity index (χ4v) is 4.65. The van der Waals surface area contributed by atoms with E-state index in [4.69, 9.17) is 0 Å². The monoisotopic (exact) mass is 458 g/mol. The third-order valence-electron chi connectivity index (χ3n) is 4.34. The van der Waals surface area contributed by atoms with Gasteiger partial charge in [0.2, 0.25) is 0 Å². The minimum Gasteiger partial charge on any atom is -0.0571 e. The first-order chi connectivity index (χ1) is 8.74. The Hall–Kier alpha value is -0.100. The first kappa shape index (κ1) is 11.7. The summed E-state index contributed by atoms with van der Waals surface area (Å²) >= 11 is 4.86. The minimum absolute atomic E-state index is 0.645. The number of benzene rings is 2. The topological polar surface area (TPSA) is 0 Å². The van der Waals surface area contributed by atoms with Crippen LogP contribution in [0.3, 0.4) is 0 Å². The molecule has 2 unspecified atom stereocenters. The molecule has 3 aliphatic carbocycles. The lowest BCUT2D eigenvalue weighted by Crippen LogP contribution is -2.24. The standard InChI is InChI=1S/C16H12I2/c17-9-1-3-11-13-5-6-14(15(11)7-9)12-4-2-10(18)8-16(12)13/h1-4,7-8,13-14H,5-6H2. The van der Waals surface area contributed by atoms with Crippen LogP contribution >= 0.6 is 45.2 Å². The zero-order valence-electron chi connectivity index (χ0n) is 9.79. The molecule has 0 spiro atoms. The Morgan fingerprint density at radius 2 is 1.11 bits per heavy atom. The van der Waals surface area contributed by atoms with Crippen molar-refractivity contribution >= 4 is 45.2 Å². The molecule has 0 aromatic heterocycles. The van der Waals surface area contributed by atoms with Gasteiger partial charge in [-0.3, -0.25) is 0 Å². The zero-order valence-corrected chi connectivity index (χ0v) is 14.1. The van der Waals surface area contributed by atoms with Gasteiger partial charge in [-0.05, 0) is 105 Å². The summed E-state index contributed by atoms with van der Waals surface area (Å²) in [5, 5.41) is 0. The van der Waals surface area contributed by atoms with Crippen LogP contribution in [0.5, 0.6) is 0 Å². The lowest BCUT2D eigenvalue weighted by Gasteiger charge is -2.40. The van der Waals surface area contributed by atoms with Crippen molar-refractivity contribution < 1.29 is 0 Å². The molecule has 0 nitrogen and oxygen atoms in total. The van der Waals surface area contributed by atoms with E-state index in [-0.39, 0.29) is 0 Å². The van der Waals surface area contributed by atoms with E-state index in [1.54, 1.807) is 22.3 Å². The van der Waals surface area contributed by atoms with Crippen LogP contribution in [-0.4, -0.2) is 0 Å². The van der Waals surface area contributed by atoms with Gasteiger partial charge in [-0.1, -0.05) is 12.1 Å². The molecule has 2 heteroatoms. The van der Waals surface area contributed by atoms with Crippen LogP contribution in [0.1, 0.15) is 46.9 Å². The maximum Gasteiger partial charge on any atom is 0.0133 e. The van der Waals surface area contributed by atoms with E-state index < -0.39 is 0 Å². The van der Waals surface area contributed by atoms with Crippen LogP contribution in [0.25, 0.3) is 0 Å². The average Bonchev–Trinajstić information content (AvgIpc) is 2.38. The van der Waals surface area contributed by atoms with Crippen LogP contribution in [0.15, 0.2) is 36.4 Å². The molecule has 2 aromatic rings. The summed E-state index contributed by atoms with van der Waals surface area (Å²) in [5.41, 5.74) is 6.35. The summed E-state index contributed by atoms with van der Waals surface area (Å²) in [5.74, 6) is 1.29. The summed E-state index contributed by atoms with van der Waals surface area (Å²) in [6, 6.07) is 14.0. The molecule has 3 aliphatic rings. The molecular formula is C16H12I2. The van der Waals surface area contributed by atoms with Gasteiger partial charge in [-0.25, -0.2) is 0 Å². The highest BCUT2D eigenvalue weighted by atomic mass is 127. The van der Waals surface area contributed by atoms with Crippen LogP contribution in [-0.2, 0) is 0 Å². The van der Waals surface area contributed by atoms with Crippen molar-refractivity contribution in [3.05, 3.63) is 65.8 Å². The second kappa shape index (κ2) is 4.20. The molecule has 0 aliphatic heterocycles. The number of hydrogen-bond acceptors (Lipinski definition) is 0. The molecule has 0 saturated carbocycles. The van der Waals surface area contributed by atoms with Crippen molar-refractivity contribution in [2.45, 2.75) is 24.7 Å². The van der Waals surface area contributed by atoms with Crippen LogP contribution in [0, 0.1) is 7.14 Å². The maximum atomic E-state index is 2.43. The molecule has 0 saturated heterocycles. The third kappa shape index (κ3) is 1.60. The Bertz CT molecular complexity index is 588. The van der Waals surface area contributed by atoms with Crippen LogP contribution < -0.4 is 0 Å². The fourth-order valence-electron chi connectivity index (χ4n) is 3.62. The normalized spacial score (nSPS) is 23.7. The number of hydrogen-bond donors (Lipinski definition) is 0. The summed E-state index contributed by atoms with van der Waals surface area (Å²) in [7, 11) is 0. The second-order valence-electron chi connectivity index (χ2n) is 5.23. The van der Waals surface area contributed by atoms with E-state index >= 15 is 0 Å². The Morgan fingerprint density at radius 3 is 1.56 bits per heavy atom. The third-order valence-corrected chi connectivity index (χ3v) is 5.69. The van der Waals surface area contributed by atoms with Gasteiger partial charge in [-0.15, -0.1) is 0 Å². The highest BCUT2D eigenvalue weighted by Gasteiger charge is 2.37. The van der Waals surface area contributed by atoms with Crippen molar-refractivity contribution in [2.24, 2.45) is 0 Å². The first-order valence-electron chi connectivity index (χ1n) is 6.33. The van der Waals surface area contributed by atoms with E-state index in [1.165, 1.54) is 20.0 Å². The molecule has 0 fully saturated rings. The van der Waals surface area contributed by atoms with Gasteiger partial charge in [0.1, 0.15) is 0 Å². The zero-order chi connectivity index (χ0) is 12.3. The predicted molar refractivity (Wildman–Crippen MR) is 91.2 cm³/mol. The van der Waals surface area contributed by atoms with Gasteiger partial charge in [0.15, 0.2) is 0 Å². The van der Waals surface area contributed by atoms with Gasteiger partial charge >= 0.3 is 0 Å². The molecule has 0 N–H and O–H groups in total. The quantitative estimate of drug-likeness (QED) is 0.473. The van der Waals surface area contributed by atoms with Gasteiger partial charge in [0, 0.05) is 19.0 Å². The molecule has 0 radical (unpaired) electrons. The Labute approximate surface area is 134 Å². The van der Waals surface area contributed by atoms with Crippen molar-refractivity contribution in [1.29, 1.82) is 0 Å². The van der Waals surface area contributed by atoms with Gasteiger partial charge in [0.25, 0.3) is 0 Å². The summed E-state index contributed by atoms with van der Waals surface area (Å²) in [6.07, 6.45) is 2.65. The summed E-state index contributed by atoms with van der Waals surface area (Å²) < 4.78 is 2.73. The SMILES string of the molecule is Ic1ccc2c(c1)C1CCC2c2cc(I)ccc21.